The van der Waals surface area contributed by atoms with Crippen LogP contribution < -0.4 is 10.2 Å². The molecule has 2 aliphatic rings. The van der Waals surface area contributed by atoms with Gasteiger partial charge in [0.25, 0.3) is 0 Å². The number of amides is 1. The number of carbonyl (C=O) groups excluding carboxylic acids is 1. The van der Waals surface area contributed by atoms with Gasteiger partial charge in [0.15, 0.2) is 0 Å². The van der Waals surface area contributed by atoms with Crippen LogP contribution in [0.3, 0.4) is 0 Å². The van der Waals surface area contributed by atoms with Crippen molar-refractivity contribution in [2.24, 2.45) is 0 Å². The SMILES string of the molecule is CC(C)NC(=O)C1=CC(c2cc(-c3ccc(N4CCN(C)CC4)c(-c4ccncc4)c3)n[nH]2)=CCC1. The summed E-state index contributed by atoms with van der Waals surface area (Å²) in [5, 5.41) is 10.8. The van der Waals surface area contributed by atoms with Gasteiger partial charge in [-0.25, -0.2) is 0 Å². The number of likely N-dealkylation sites (N-methyl/N-ethyl adjacent to an activating group) is 1. The Hall–Kier alpha value is -3.71. The third-order valence-electron chi connectivity index (χ3n) is 6.84. The number of nitrogens with one attached hydrogen (secondary N) is 2. The highest BCUT2D eigenvalue weighted by Gasteiger charge is 2.20. The third-order valence-corrected chi connectivity index (χ3v) is 6.84. The summed E-state index contributed by atoms with van der Waals surface area (Å²) in [5.41, 5.74) is 8.27. The molecule has 0 unspecified atom stereocenters. The second kappa shape index (κ2) is 10.5. The fourth-order valence-corrected chi connectivity index (χ4v) is 4.82. The summed E-state index contributed by atoms with van der Waals surface area (Å²) < 4.78 is 0. The van der Waals surface area contributed by atoms with Gasteiger partial charge in [-0.3, -0.25) is 14.9 Å². The molecule has 1 amide bonds. The number of allylic oxidation sites excluding steroid dienone is 3. The van der Waals surface area contributed by atoms with E-state index in [1.165, 1.54) is 11.3 Å². The molecule has 3 heterocycles. The maximum atomic E-state index is 12.5. The largest absolute Gasteiger partial charge is 0.368 e. The van der Waals surface area contributed by atoms with Gasteiger partial charge in [-0.2, -0.15) is 5.10 Å². The van der Waals surface area contributed by atoms with Crippen molar-refractivity contribution < 1.29 is 4.79 Å². The molecule has 0 bridgehead atoms. The lowest BCUT2D eigenvalue weighted by atomic mass is 9.96. The number of anilines is 1. The fourth-order valence-electron chi connectivity index (χ4n) is 4.82. The number of hydrogen-bond acceptors (Lipinski definition) is 5. The van der Waals surface area contributed by atoms with Gasteiger partial charge in [0.05, 0.1) is 11.4 Å². The van der Waals surface area contributed by atoms with E-state index in [-0.39, 0.29) is 11.9 Å². The monoisotopic (exact) mass is 482 g/mol. The van der Waals surface area contributed by atoms with E-state index in [2.05, 4.69) is 79.8 Å². The Morgan fingerprint density at radius 2 is 1.81 bits per heavy atom. The molecule has 1 aliphatic heterocycles. The molecule has 1 fully saturated rings. The molecule has 0 radical (unpaired) electrons. The molecule has 1 aromatic carbocycles. The zero-order valence-corrected chi connectivity index (χ0v) is 21.3. The van der Waals surface area contributed by atoms with Gasteiger partial charge in [-0.05, 0) is 81.3 Å². The molecule has 3 aromatic rings. The number of rotatable bonds is 6. The van der Waals surface area contributed by atoms with Crippen molar-refractivity contribution in [2.45, 2.75) is 32.7 Å². The van der Waals surface area contributed by atoms with Crippen molar-refractivity contribution in [1.82, 2.24) is 25.4 Å². The average molecular weight is 483 g/mol. The highest BCUT2D eigenvalue weighted by molar-refractivity contribution is 5.97. The van der Waals surface area contributed by atoms with Crippen LogP contribution in [-0.2, 0) is 4.79 Å². The molecule has 0 spiro atoms. The number of pyridine rings is 1. The zero-order chi connectivity index (χ0) is 25.1. The Morgan fingerprint density at radius 3 is 2.56 bits per heavy atom. The highest BCUT2D eigenvalue weighted by Crippen LogP contribution is 2.36. The topological polar surface area (TPSA) is 77.2 Å². The quantitative estimate of drug-likeness (QED) is 0.540. The van der Waals surface area contributed by atoms with Crippen LogP contribution in [-0.4, -0.2) is 65.3 Å². The average Bonchev–Trinajstić information content (AvgIpc) is 3.40. The Morgan fingerprint density at radius 1 is 1.03 bits per heavy atom. The van der Waals surface area contributed by atoms with E-state index in [0.717, 1.165) is 72.7 Å². The summed E-state index contributed by atoms with van der Waals surface area (Å²) in [7, 11) is 2.18. The summed E-state index contributed by atoms with van der Waals surface area (Å²) >= 11 is 0. The van der Waals surface area contributed by atoms with E-state index in [1.54, 1.807) is 0 Å². The summed E-state index contributed by atoms with van der Waals surface area (Å²) in [5.74, 6) is 0.0110. The van der Waals surface area contributed by atoms with E-state index < -0.39 is 0 Å². The lowest BCUT2D eigenvalue weighted by Crippen LogP contribution is -2.44. The molecule has 36 heavy (non-hydrogen) atoms. The van der Waals surface area contributed by atoms with Gasteiger partial charge in [-0.15, -0.1) is 0 Å². The van der Waals surface area contributed by atoms with E-state index >= 15 is 0 Å². The lowest BCUT2D eigenvalue weighted by molar-refractivity contribution is -0.118. The molecule has 1 aliphatic carbocycles. The second-order valence-corrected chi connectivity index (χ2v) is 9.92. The number of carbonyl (C=O) groups is 1. The predicted octanol–water partition coefficient (Wildman–Crippen LogP) is 4.52. The van der Waals surface area contributed by atoms with Crippen molar-refractivity contribution in [2.75, 3.05) is 38.1 Å². The van der Waals surface area contributed by atoms with Crippen LogP contribution in [0.2, 0.25) is 0 Å². The minimum absolute atomic E-state index is 0.0110. The standard InChI is InChI=1S/C29H34N6O/c1-20(2)31-29(36)24-6-4-5-22(17-24)26-19-27(33-32-26)23-7-8-28(35-15-13-34(3)14-16-35)25(18-23)21-9-11-30-12-10-21/h5,7-12,17-20H,4,6,13-16H2,1-3H3,(H,31,36)(H,32,33). The van der Waals surface area contributed by atoms with Gasteiger partial charge >= 0.3 is 0 Å². The lowest BCUT2D eigenvalue weighted by Gasteiger charge is -2.35. The Bertz CT molecular complexity index is 1280. The van der Waals surface area contributed by atoms with Crippen molar-refractivity contribution >= 4 is 17.2 Å². The molecule has 1 saturated heterocycles. The number of hydrogen-bond donors (Lipinski definition) is 2. The predicted molar refractivity (Wildman–Crippen MR) is 146 cm³/mol. The molecule has 7 nitrogen and oxygen atoms in total. The van der Waals surface area contributed by atoms with Gasteiger partial charge in [0.1, 0.15) is 0 Å². The molecule has 2 N–H and O–H groups in total. The Kier molecular flexibility index (Phi) is 7.00. The summed E-state index contributed by atoms with van der Waals surface area (Å²) in [6, 6.07) is 12.9. The van der Waals surface area contributed by atoms with Gasteiger partial charge in [0, 0.05) is 67.0 Å². The molecule has 0 atom stereocenters. The van der Waals surface area contributed by atoms with Crippen molar-refractivity contribution in [3.8, 4) is 22.4 Å². The number of H-pyrrole nitrogens is 1. The number of nitrogens with zero attached hydrogens (tertiary/aromatic N) is 4. The minimum Gasteiger partial charge on any atom is -0.368 e. The van der Waals surface area contributed by atoms with Crippen LogP contribution in [0.5, 0.6) is 0 Å². The first-order chi connectivity index (χ1) is 17.5. The number of piperazine rings is 1. The van der Waals surface area contributed by atoms with E-state index in [9.17, 15) is 4.79 Å². The number of aromatic amines is 1. The van der Waals surface area contributed by atoms with Gasteiger partial charge in [-0.1, -0.05) is 12.1 Å². The molecule has 0 saturated carbocycles. The van der Waals surface area contributed by atoms with Crippen LogP contribution in [0, 0.1) is 0 Å². The normalized spacial score (nSPS) is 16.6. The first-order valence-corrected chi connectivity index (χ1v) is 12.7. The third kappa shape index (κ3) is 5.26. The van der Waals surface area contributed by atoms with Crippen molar-refractivity contribution in [1.29, 1.82) is 0 Å². The summed E-state index contributed by atoms with van der Waals surface area (Å²) in [4.78, 5) is 21.6. The van der Waals surface area contributed by atoms with Crippen molar-refractivity contribution in [3.63, 3.8) is 0 Å². The molecular weight excluding hydrogens is 448 g/mol. The zero-order valence-electron chi connectivity index (χ0n) is 21.3. The van der Waals surface area contributed by atoms with Crippen LogP contribution in [0.1, 0.15) is 32.4 Å². The number of benzene rings is 1. The van der Waals surface area contributed by atoms with Crippen LogP contribution >= 0.6 is 0 Å². The van der Waals surface area contributed by atoms with E-state index in [0.29, 0.717) is 0 Å². The number of aromatic nitrogens is 3. The molecule has 2 aromatic heterocycles. The van der Waals surface area contributed by atoms with Crippen molar-refractivity contribution in [3.05, 3.63) is 72.2 Å². The van der Waals surface area contributed by atoms with Crippen LogP contribution in [0.15, 0.2) is 66.5 Å². The minimum atomic E-state index is 0.0110. The van der Waals surface area contributed by atoms with Gasteiger partial charge in [0.2, 0.25) is 5.91 Å². The first kappa shape index (κ1) is 24.0. The molecule has 7 heteroatoms. The second-order valence-electron chi connectivity index (χ2n) is 9.92. The van der Waals surface area contributed by atoms with E-state index in [4.69, 9.17) is 0 Å². The highest BCUT2D eigenvalue weighted by atomic mass is 16.1. The summed E-state index contributed by atoms with van der Waals surface area (Å²) in [6.07, 6.45) is 9.44. The first-order valence-electron chi connectivity index (χ1n) is 12.7. The van der Waals surface area contributed by atoms with E-state index in [1.807, 2.05) is 32.3 Å². The maximum absolute atomic E-state index is 12.5. The van der Waals surface area contributed by atoms with Crippen LogP contribution in [0.4, 0.5) is 5.69 Å². The smallest absolute Gasteiger partial charge is 0.247 e. The Balaban J connectivity index is 1.45. The summed E-state index contributed by atoms with van der Waals surface area (Å²) in [6.45, 7) is 8.09. The molecule has 186 valence electrons. The molecule has 5 rings (SSSR count). The Labute approximate surface area is 212 Å². The fraction of sp³-hybridized carbons (Fsp3) is 0.345. The maximum Gasteiger partial charge on any atom is 0.247 e. The van der Waals surface area contributed by atoms with Crippen LogP contribution in [0.25, 0.3) is 28.0 Å². The molecular formula is C29H34N6O. The van der Waals surface area contributed by atoms with Gasteiger partial charge < -0.3 is 15.1 Å².